The van der Waals surface area contributed by atoms with E-state index in [1.807, 2.05) is 6.07 Å². The average molecular weight is 191 g/mol. The predicted octanol–water partition coefficient (Wildman–Crippen LogP) is 0.890. The third-order valence-electron chi connectivity index (χ3n) is 2.78. The van der Waals surface area contributed by atoms with E-state index in [4.69, 9.17) is 16.7 Å². The quantitative estimate of drug-likeness (QED) is 0.725. The lowest BCUT2D eigenvalue weighted by Crippen LogP contribution is -2.12. The van der Waals surface area contributed by atoms with Crippen molar-refractivity contribution in [1.29, 1.82) is 5.26 Å². The van der Waals surface area contributed by atoms with Gasteiger partial charge >= 0.3 is 0 Å². The first-order valence-electron chi connectivity index (χ1n) is 4.68. The van der Waals surface area contributed by atoms with Crippen LogP contribution in [0.4, 0.5) is 11.6 Å². The van der Waals surface area contributed by atoms with Gasteiger partial charge in [-0.25, -0.2) is 4.68 Å². The van der Waals surface area contributed by atoms with Crippen molar-refractivity contribution in [2.45, 2.75) is 25.8 Å². The minimum absolute atomic E-state index is 0.234. The standard InChI is InChI=1S/C9H13N5/c1-5(6-2-3-6)14-9(12)7(4-10)8(11)13-14/h5-6H,2-3,12H2,1H3,(H2,11,13). The van der Waals surface area contributed by atoms with Crippen molar-refractivity contribution in [3.05, 3.63) is 5.56 Å². The zero-order chi connectivity index (χ0) is 10.3. The SMILES string of the molecule is CC(C1CC1)n1nc(N)c(C#N)c1N. The number of aromatic nitrogens is 2. The molecule has 0 spiro atoms. The molecule has 1 aromatic heterocycles. The molecule has 0 aromatic carbocycles. The van der Waals surface area contributed by atoms with Crippen molar-refractivity contribution in [1.82, 2.24) is 9.78 Å². The summed E-state index contributed by atoms with van der Waals surface area (Å²) in [6.07, 6.45) is 2.42. The van der Waals surface area contributed by atoms with Crippen LogP contribution in [0.15, 0.2) is 0 Å². The second kappa shape index (κ2) is 2.91. The highest BCUT2D eigenvalue weighted by Crippen LogP contribution is 2.40. The van der Waals surface area contributed by atoms with E-state index in [0.717, 1.165) is 0 Å². The Morgan fingerprint density at radius 3 is 2.64 bits per heavy atom. The van der Waals surface area contributed by atoms with Gasteiger partial charge in [0.05, 0.1) is 6.04 Å². The first kappa shape index (κ1) is 8.88. The summed E-state index contributed by atoms with van der Waals surface area (Å²) in [5.74, 6) is 1.27. The Morgan fingerprint density at radius 1 is 1.57 bits per heavy atom. The molecule has 1 aliphatic rings. The van der Waals surface area contributed by atoms with Gasteiger partial charge < -0.3 is 11.5 Å². The van der Waals surface area contributed by atoms with Gasteiger partial charge in [-0.15, -0.1) is 0 Å². The highest BCUT2D eigenvalue weighted by molar-refractivity contribution is 5.61. The fourth-order valence-electron chi connectivity index (χ4n) is 1.67. The number of rotatable bonds is 2. The van der Waals surface area contributed by atoms with Gasteiger partial charge in [0.2, 0.25) is 0 Å². The number of nitrogen functional groups attached to an aromatic ring is 2. The first-order chi connectivity index (χ1) is 6.65. The maximum Gasteiger partial charge on any atom is 0.165 e. The summed E-state index contributed by atoms with van der Waals surface area (Å²) < 4.78 is 1.67. The lowest BCUT2D eigenvalue weighted by molar-refractivity contribution is 0.447. The maximum atomic E-state index is 8.79. The van der Waals surface area contributed by atoms with Crippen LogP contribution in [0.25, 0.3) is 0 Å². The van der Waals surface area contributed by atoms with Crippen LogP contribution in [-0.4, -0.2) is 9.78 Å². The second-order valence-electron chi connectivity index (χ2n) is 3.78. The highest BCUT2D eigenvalue weighted by Gasteiger charge is 2.31. The lowest BCUT2D eigenvalue weighted by atomic mass is 10.2. The molecule has 1 unspecified atom stereocenters. The summed E-state index contributed by atoms with van der Waals surface area (Å²) >= 11 is 0. The predicted molar refractivity (Wildman–Crippen MR) is 53.2 cm³/mol. The molecule has 0 radical (unpaired) electrons. The van der Waals surface area contributed by atoms with Gasteiger partial charge in [0.25, 0.3) is 0 Å². The molecule has 0 saturated heterocycles. The van der Waals surface area contributed by atoms with Gasteiger partial charge in [-0.1, -0.05) is 0 Å². The molecule has 5 heteroatoms. The molecular weight excluding hydrogens is 178 g/mol. The maximum absolute atomic E-state index is 8.79. The molecule has 14 heavy (non-hydrogen) atoms. The summed E-state index contributed by atoms with van der Waals surface area (Å²) in [5.41, 5.74) is 11.7. The Kier molecular flexibility index (Phi) is 1.84. The average Bonchev–Trinajstić information content (AvgIpc) is 2.93. The van der Waals surface area contributed by atoms with Gasteiger partial charge in [0, 0.05) is 0 Å². The highest BCUT2D eigenvalue weighted by atomic mass is 15.3. The molecule has 5 nitrogen and oxygen atoms in total. The molecule has 0 aliphatic heterocycles. The Bertz CT molecular complexity index is 396. The van der Waals surface area contributed by atoms with E-state index in [2.05, 4.69) is 12.0 Å². The Labute approximate surface area is 82.3 Å². The van der Waals surface area contributed by atoms with Crippen molar-refractivity contribution in [2.75, 3.05) is 11.5 Å². The van der Waals surface area contributed by atoms with E-state index in [9.17, 15) is 0 Å². The molecular formula is C9H13N5. The molecule has 74 valence electrons. The Balaban J connectivity index is 2.39. The minimum atomic E-state index is 0.234. The van der Waals surface area contributed by atoms with E-state index < -0.39 is 0 Å². The first-order valence-corrected chi connectivity index (χ1v) is 4.68. The van der Waals surface area contributed by atoms with E-state index in [-0.39, 0.29) is 11.9 Å². The molecule has 1 fully saturated rings. The number of nitriles is 1. The Hall–Kier alpha value is -1.70. The summed E-state index contributed by atoms with van der Waals surface area (Å²) in [4.78, 5) is 0. The van der Waals surface area contributed by atoms with Crippen LogP contribution in [0.3, 0.4) is 0 Å². The number of nitrogens with zero attached hydrogens (tertiary/aromatic N) is 3. The zero-order valence-electron chi connectivity index (χ0n) is 8.07. The van der Waals surface area contributed by atoms with Gasteiger partial charge in [-0.2, -0.15) is 10.4 Å². The van der Waals surface area contributed by atoms with E-state index in [1.54, 1.807) is 4.68 Å². The summed E-state index contributed by atoms with van der Waals surface area (Å²) in [5, 5.41) is 12.9. The fourth-order valence-corrected chi connectivity index (χ4v) is 1.67. The monoisotopic (exact) mass is 191 g/mol. The third-order valence-corrected chi connectivity index (χ3v) is 2.78. The molecule has 0 amide bonds. The Morgan fingerprint density at radius 2 is 2.21 bits per heavy atom. The van der Waals surface area contributed by atoms with Crippen LogP contribution in [-0.2, 0) is 0 Å². The van der Waals surface area contributed by atoms with Crippen molar-refractivity contribution >= 4 is 11.6 Å². The summed E-state index contributed by atoms with van der Waals surface area (Å²) in [7, 11) is 0. The topological polar surface area (TPSA) is 93.6 Å². The molecule has 1 aliphatic carbocycles. The van der Waals surface area contributed by atoms with Gasteiger partial charge in [0.15, 0.2) is 5.82 Å². The number of hydrogen-bond acceptors (Lipinski definition) is 4. The molecule has 0 bridgehead atoms. The van der Waals surface area contributed by atoms with E-state index in [1.165, 1.54) is 12.8 Å². The van der Waals surface area contributed by atoms with Crippen LogP contribution in [0.5, 0.6) is 0 Å². The van der Waals surface area contributed by atoms with Crippen molar-refractivity contribution in [3.63, 3.8) is 0 Å². The molecule has 1 atom stereocenters. The zero-order valence-corrected chi connectivity index (χ0v) is 8.07. The van der Waals surface area contributed by atoms with E-state index >= 15 is 0 Å². The number of hydrogen-bond donors (Lipinski definition) is 2. The lowest BCUT2D eigenvalue weighted by Gasteiger charge is -2.11. The summed E-state index contributed by atoms with van der Waals surface area (Å²) in [6.45, 7) is 2.06. The molecule has 1 saturated carbocycles. The fraction of sp³-hybridized carbons (Fsp3) is 0.556. The normalized spacial score (nSPS) is 17.7. The summed E-state index contributed by atoms with van der Waals surface area (Å²) in [6, 6.07) is 2.21. The van der Waals surface area contributed by atoms with Gasteiger partial charge in [0.1, 0.15) is 17.5 Å². The molecule has 4 N–H and O–H groups in total. The molecule has 1 aromatic rings. The van der Waals surface area contributed by atoms with Crippen molar-refractivity contribution < 1.29 is 0 Å². The van der Waals surface area contributed by atoms with E-state index in [0.29, 0.717) is 17.3 Å². The van der Waals surface area contributed by atoms with Gasteiger partial charge in [-0.3, -0.25) is 0 Å². The minimum Gasteiger partial charge on any atom is -0.383 e. The smallest absolute Gasteiger partial charge is 0.165 e. The number of anilines is 2. The number of nitrogens with two attached hydrogens (primary N) is 2. The van der Waals surface area contributed by atoms with Crippen LogP contribution in [0, 0.1) is 17.2 Å². The van der Waals surface area contributed by atoms with Crippen LogP contribution in [0.2, 0.25) is 0 Å². The van der Waals surface area contributed by atoms with Crippen LogP contribution >= 0.6 is 0 Å². The van der Waals surface area contributed by atoms with Crippen molar-refractivity contribution in [2.24, 2.45) is 5.92 Å². The van der Waals surface area contributed by atoms with Crippen LogP contribution in [0.1, 0.15) is 31.4 Å². The van der Waals surface area contributed by atoms with Crippen LogP contribution < -0.4 is 11.5 Å². The molecule has 2 rings (SSSR count). The van der Waals surface area contributed by atoms with Gasteiger partial charge in [-0.05, 0) is 25.7 Å². The molecule has 1 heterocycles. The second-order valence-corrected chi connectivity index (χ2v) is 3.78. The third kappa shape index (κ3) is 1.20. The van der Waals surface area contributed by atoms with Crippen molar-refractivity contribution in [3.8, 4) is 6.07 Å². The largest absolute Gasteiger partial charge is 0.383 e.